The molecule has 0 amide bonds. The van der Waals surface area contributed by atoms with E-state index in [0.29, 0.717) is 21.9 Å². The summed E-state index contributed by atoms with van der Waals surface area (Å²) in [4.78, 5) is 18.7. The highest BCUT2D eigenvalue weighted by Gasteiger charge is 2.16. The highest BCUT2D eigenvalue weighted by molar-refractivity contribution is 7.99. The SMILES string of the molecule is Cc1cc(=O)[nH]c(SCc2nnc(SC(C)C)n2-c2ccccc2)n1. The van der Waals surface area contributed by atoms with Crippen molar-refractivity contribution >= 4 is 23.5 Å². The molecule has 1 N–H and O–H groups in total. The van der Waals surface area contributed by atoms with Crippen molar-refractivity contribution in [2.45, 2.75) is 42.1 Å². The lowest BCUT2D eigenvalue weighted by molar-refractivity contribution is 0.856. The number of hydrogen-bond acceptors (Lipinski definition) is 6. The minimum absolute atomic E-state index is 0.143. The molecule has 2 heterocycles. The lowest BCUT2D eigenvalue weighted by atomic mass is 10.3. The van der Waals surface area contributed by atoms with Gasteiger partial charge in [0.15, 0.2) is 10.3 Å². The van der Waals surface area contributed by atoms with Crippen LogP contribution in [0.3, 0.4) is 0 Å². The first-order chi connectivity index (χ1) is 12.0. The molecule has 0 fully saturated rings. The van der Waals surface area contributed by atoms with E-state index >= 15 is 0 Å². The number of aromatic nitrogens is 5. The van der Waals surface area contributed by atoms with Crippen molar-refractivity contribution in [1.29, 1.82) is 0 Å². The van der Waals surface area contributed by atoms with E-state index in [0.717, 1.165) is 16.7 Å². The summed E-state index contributed by atoms with van der Waals surface area (Å²) < 4.78 is 2.06. The van der Waals surface area contributed by atoms with E-state index in [1.807, 2.05) is 37.3 Å². The minimum atomic E-state index is -0.143. The average molecular weight is 374 g/mol. The van der Waals surface area contributed by atoms with E-state index < -0.39 is 0 Å². The van der Waals surface area contributed by atoms with Crippen LogP contribution in [0.1, 0.15) is 25.4 Å². The highest BCUT2D eigenvalue weighted by Crippen LogP contribution is 2.27. The maximum absolute atomic E-state index is 11.6. The summed E-state index contributed by atoms with van der Waals surface area (Å²) in [5.41, 5.74) is 1.58. The second-order valence-electron chi connectivity index (χ2n) is 5.72. The van der Waals surface area contributed by atoms with Gasteiger partial charge in [0.05, 0.1) is 5.75 Å². The second kappa shape index (κ2) is 7.88. The first-order valence-electron chi connectivity index (χ1n) is 7.90. The third-order valence-electron chi connectivity index (χ3n) is 3.24. The van der Waals surface area contributed by atoms with E-state index in [-0.39, 0.29) is 5.56 Å². The zero-order valence-electron chi connectivity index (χ0n) is 14.3. The summed E-state index contributed by atoms with van der Waals surface area (Å²) >= 11 is 3.12. The van der Waals surface area contributed by atoms with Gasteiger partial charge in [0.1, 0.15) is 5.82 Å². The predicted molar refractivity (Wildman–Crippen MR) is 102 cm³/mol. The number of nitrogens with one attached hydrogen (secondary N) is 1. The monoisotopic (exact) mass is 373 g/mol. The third kappa shape index (κ3) is 4.52. The van der Waals surface area contributed by atoms with Crippen molar-refractivity contribution in [1.82, 2.24) is 24.7 Å². The fourth-order valence-corrected chi connectivity index (χ4v) is 3.93. The molecule has 25 heavy (non-hydrogen) atoms. The van der Waals surface area contributed by atoms with Crippen molar-refractivity contribution in [3.05, 3.63) is 58.3 Å². The fourth-order valence-electron chi connectivity index (χ4n) is 2.27. The Morgan fingerprint density at radius 3 is 2.64 bits per heavy atom. The van der Waals surface area contributed by atoms with Crippen molar-refractivity contribution in [3.63, 3.8) is 0 Å². The summed E-state index contributed by atoms with van der Waals surface area (Å²) in [5, 5.41) is 10.6. The van der Waals surface area contributed by atoms with Crippen LogP contribution in [0.15, 0.2) is 51.5 Å². The van der Waals surface area contributed by atoms with Gasteiger partial charge in [0, 0.05) is 22.7 Å². The van der Waals surface area contributed by atoms with Gasteiger partial charge in [-0.05, 0) is 19.1 Å². The predicted octanol–water partition coefficient (Wildman–Crippen LogP) is 3.45. The van der Waals surface area contributed by atoms with E-state index in [1.165, 1.54) is 17.8 Å². The number of benzene rings is 1. The number of aromatic amines is 1. The van der Waals surface area contributed by atoms with E-state index in [9.17, 15) is 4.79 Å². The summed E-state index contributed by atoms with van der Waals surface area (Å²) in [6.45, 7) is 6.07. The van der Waals surface area contributed by atoms with Crippen molar-refractivity contribution in [3.8, 4) is 5.69 Å². The standard InChI is InChI=1S/C17H19N5OS2/c1-11(2)25-17-21-20-14(22(17)13-7-5-4-6-8-13)10-24-16-18-12(3)9-15(23)19-16/h4-9,11H,10H2,1-3H3,(H,18,19,23). The summed E-state index contributed by atoms with van der Waals surface area (Å²) in [6, 6.07) is 11.5. The number of nitrogens with zero attached hydrogens (tertiary/aromatic N) is 4. The molecule has 3 rings (SSSR count). The van der Waals surface area contributed by atoms with Crippen LogP contribution >= 0.6 is 23.5 Å². The Kier molecular flexibility index (Phi) is 5.60. The van der Waals surface area contributed by atoms with Gasteiger partial charge in [-0.1, -0.05) is 55.6 Å². The maximum atomic E-state index is 11.6. The quantitative estimate of drug-likeness (QED) is 0.527. The molecule has 0 saturated carbocycles. The van der Waals surface area contributed by atoms with Gasteiger partial charge in [0.25, 0.3) is 5.56 Å². The Bertz CT molecular complexity index is 905. The van der Waals surface area contributed by atoms with E-state index in [2.05, 4.69) is 38.6 Å². The van der Waals surface area contributed by atoms with Gasteiger partial charge in [-0.3, -0.25) is 9.36 Å². The van der Waals surface area contributed by atoms with Crippen LogP contribution in [0.2, 0.25) is 0 Å². The van der Waals surface area contributed by atoms with Crippen LogP contribution in [-0.2, 0) is 5.75 Å². The number of hydrogen-bond donors (Lipinski definition) is 1. The van der Waals surface area contributed by atoms with Crippen LogP contribution in [0.25, 0.3) is 5.69 Å². The number of thioether (sulfide) groups is 2. The smallest absolute Gasteiger partial charge is 0.251 e. The van der Waals surface area contributed by atoms with E-state index in [1.54, 1.807) is 11.8 Å². The van der Waals surface area contributed by atoms with E-state index in [4.69, 9.17) is 0 Å². The van der Waals surface area contributed by atoms with Crippen LogP contribution in [0.5, 0.6) is 0 Å². The number of rotatable bonds is 6. The van der Waals surface area contributed by atoms with Gasteiger partial charge in [0.2, 0.25) is 0 Å². The normalized spacial score (nSPS) is 11.2. The molecule has 2 aromatic heterocycles. The van der Waals surface area contributed by atoms with Gasteiger partial charge < -0.3 is 4.98 Å². The molecule has 0 spiro atoms. The van der Waals surface area contributed by atoms with Crippen LogP contribution < -0.4 is 5.56 Å². The number of para-hydroxylation sites is 1. The molecule has 0 unspecified atom stereocenters. The largest absolute Gasteiger partial charge is 0.301 e. The van der Waals surface area contributed by atoms with Crippen molar-refractivity contribution < 1.29 is 0 Å². The molecule has 130 valence electrons. The van der Waals surface area contributed by atoms with Crippen molar-refractivity contribution in [2.75, 3.05) is 0 Å². The Morgan fingerprint density at radius 2 is 1.96 bits per heavy atom. The first kappa shape index (κ1) is 17.8. The highest BCUT2D eigenvalue weighted by atomic mass is 32.2. The molecule has 0 aliphatic carbocycles. The van der Waals surface area contributed by atoms with Crippen LogP contribution in [-0.4, -0.2) is 30.0 Å². The lowest BCUT2D eigenvalue weighted by Gasteiger charge is -2.11. The molecule has 0 radical (unpaired) electrons. The Morgan fingerprint density at radius 1 is 1.20 bits per heavy atom. The Balaban J connectivity index is 1.90. The molecule has 1 aromatic carbocycles. The average Bonchev–Trinajstić information content (AvgIpc) is 2.95. The zero-order valence-corrected chi connectivity index (χ0v) is 15.9. The molecule has 0 atom stereocenters. The van der Waals surface area contributed by atoms with Gasteiger partial charge in [-0.25, -0.2) is 4.98 Å². The molecule has 0 aliphatic rings. The third-order valence-corrected chi connectivity index (χ3v) is 5.06. The molecular weight excluding hydrogens is 354 g/mol. The molecular formula is C17H19N5OS2. The maximum Gasteiger partial charge on any atom is 0.251 e. The molecule has 3 aromatic rings. The molecule has 0 saturated heterocycles. The van der Waals surface area contributed by atoms with Crippen LogP contribution in [0.4, 0.5) is 0 Å². The number of H-pyrrole nitrogens is 1. The Labute approximate surface area is 154 Å². The Hall–Kier alpha value is -2.06. The summed E-state index contributed by atoms with van der Waals surface area (Å²) in [5.74, 6) is 1.39. The van der Waals surface area contributed by atoms with Gasteiger partial charge in [-0.2, -0.15) is 0 Å². The first-order valence-corrected chi connectivity index (χ1v) is 9.76. The zero-order chi connectivity index (χ0) is 17.8. The summed E-state index contributed by atoms with van der Waals surface area (Å²) in [7, 11) is 0. The molecule has 6 nitrogen and oxygen atoms in total. The number of aryl methyl sites for hydroxylation is 1. The lowest BCUT2D eigenvalue weighted by Crippen LogP contribution is -2.08. The van der Waals surface area contributed by atoms with Crippen molar-refractivity contribution in [2.24, 2.45) is 0 Å². The van der Waals surface area contributed by atoms with Gasteiger partial charge in [-0.15, -0.1) is 10.2 Å². The fraction of sp³-hybridized carbons (Fsp3) is 0.294. The summed E-state index contributed by atoms with van der Waals surface area (Å²) in [6.07, 6.45) is 0. The molecule has 0 bridgehead atoms. The van der Waals surface area contributed by atoms with Gasteiger partial charge >= 0.3 is 0 Å². The molecule has 0 aliphatic heterocycles. The van der Waals surface area contributed by atoms with Crippen LogP contribution in [0, 0.1) is 6.92 Å². The molecule has 8 heteroatoms. The minimum Gasteiger partial charge on any atom is -0.301 e. The topological polar surface area (TPSA) is 76.5 Å². The second-order valence-corrected chi connectivity index (χ2v) is 8.22.